The lowest BCUT2D eigenvalue weighted by atomic mass is 10.1. The van der Waals surface area contributed by atoms with Crippen molar-refractivity contribution in [1.29, 1.82) is 0 Å². The average molecular weight is 265 g/mol. The van der Waals surface area contributed by atoms with Crippen molar-refractivity contribution in [2.45, 2.75) is 19.3 Å². The number of piperidine rings is 1. The number of phenolic OH excluding ortho intramolecular Hbond substituents is 2. The van der Waals surface area contributed by atoms with Crippen LogP contribution in [-0.2, 0) is 4.79 Å². The first kappa shape index (κ1) is 13.4. The number of aromatic hydroxyl groups is 2. The van der Waals surface area contributed by atoms with Gasteiger partial charge >= 0.3 is 0 Å². The Bertz CT molecular complexity index is 507. The molecule has 0 radical (unpaired) electrons. The first-order valence-corrected chi connectivity index (χ1v) is 6.26. The Morgan fingerprint density at radius 3 is 2.47 bits per heavy atom. The van der Waals surface area contributed by atoms with E-state index in [0.717, 1.165) is 25.3 Å². The van der Waals surface area contributed by atoms with Crippen LogP contribution in [0, 0.1) is 0 Å². The maximum Gasteiger partial charge on any atom is 0.282 e. The predicted molar refractivity (Wildman–Crippen MR) is 69.3 cm³/mol. The minimum Gasteiger partial charge on any atom is -0.504 e. The van der Waals surface area contributed by atoms with Gasteiger partial charge in [-0.2, -0.15) is 0 Å². The number of nitrogens with zero attached hydrogens (tertiary/aromatic N) is 1. The van der Waals surface area contributed by atoms with E-state index in [1.54, 1.807) is 0 Å². The number of hydrogen-bond donors (Lipinski definition) is 2. The van der Waals surface area contributed by atoms with Gasteiger partial charge in [-0.1, -0.05) is 6.07 Å². The van der Waals surface area contributed by atoms with Gasteiger partial charge in [0.1, 0.15) is 0 Å². The molecule has 2 rings (SSSR count). The summed E-state index contributed by atoms with van der Waals surface area (Å²) >= 11 is 0. The molecule has 0 spiro atoms. The van der Waals surface area contributed by atoms with E-state index in [4.69, 9.17) is 5.11 Å². The Morgan fingerprint density at radius 2 is 1.84 bits per heavy atom. The summed E-state index contributed by atoms with van der Waals surface area (Å²) in [5.74, 6) is -2.09. The second-order valence-corrected chi connectivity index (χ2v) is 4.59. The van der Waals surface area contributed by atoms with E-state index in [0.29, 0.717) is 18.7 Å². The van der Waals surface area contributed by atoms with Crippen LogP contribution in [0.25, 0.3) is 6.08 Å². The van der Waals surface area contributed by atoms with Gasteiger partial charge < -0.3 is 15.1 Å². The van der Waals surface area contributed by atoms with Crippen LogP contribution >= 0.6 is 0 Å². The van der Waals surface area contributed by atoms with E-state index in [1.807, 2.05) is 0 Å². The minimum absolute atomic E-state index is 0.278. The number of benzene rings is 1. The molecular weight excluding hydrogens is 249 g/mol. The molecule has 1 aromatic carbocycles. The van der Waals surface area contributed by atoms with E-state index in [-0.39, 0.29) is 11.5 Å². The fourth-order valence-electron chi connectivity index (χ4n) is 2.09. The van der Waals surface area contributed by atoms with Crippen LogP contribution in [0.15, 0.2) is 24.0 Å². The molecule has 1 fully saturated rings. The van der Waals surface area contributed by atoms with Crippen LogP contribution in [0.5, 0.6) is 11.5 Å². The third-order valence-corrected chi connectivity index (χ3v) is 3.14. The number of rotatable bonds is 2. The Labute approximate surface area is 110 Å². The molecule has 5 heteroatoms. The molecule has 2 N–H and O–H groups in total. The van der Waals surface area contributed by atoms with Crippen molar-refractivity contribution < 1.29 is 19.4 Å². The molecule has 19 heavy (non-hydrogen) atoms. The summed E-state index contributed by atoms with van der Waals surface area (Å²) in [4.78, 5) is 13.3. The fraction of sp³-hybridized carbons (Fsp3) is 0.357. The summed E-state index contributed by atoms with van der Waals surface area (Å²) in [6.45, 7) is 1.17. The molecule has 4 nitrogen and oxygen atoms in total. The summed E-state index contributed by atoms with van der Waals surface area (Å²) in [5, 5.41) is 18.5. The van der Waals surface area contributed by atoms with E-state index in [1.165, 1.54) is 23.1 Å². The van der Waals surface area contributed by atoms with Crippen molar-refractivity contribution in [2.75, 3.05) is 13.1 Å². The number of likely N-dealkylation sites (tertiary alicyclic amines) is 1. The van der Waals surface area contributed by atoms with E-state index >= 15 is 0 Å². The van der Waals surface area contributed by atoms with Crippen LogP contribution in [-0.4, -0.2) is 34.1 Å². The average Bonchev–Trinajstić information content (AvgIpc) is 2.43. The normalized spacial score (nSPS) is 16.5. The number of carbonyl (C=O) groups excluding carboxylic acids is 1. The van der Waals surface area contributed by atoms with Gasteiger partial charge in [-0.15, -0.1) is 0 Å². The Balaban J connectivity index is 2.12. The van der Waals surface area contributed by atoms with Crippen LogP contribution in [0.4, 0.5) is 4.39 Å². The summed E-state index contributed by atoms with van der Waals surface area (Å²) in [7, 11) is 0. The highest BCUT2D eigenvalue weighted by Crippen LogP contribution is 2.26. The zero-order valence-corrected chi connectivity index (χ0v) is 10.5. The highest BCUT2D eigenvalue weighted by molar-refractivity contribution is 5.95. The number of hydrogen-bond acceptors (Lipinski definition) is 3. The highest BCUT2D eigenvalue weighted by Gasteiger charge is 2.20. The summed E-state index contributed by atoms with van der Waals surface area (Å²) in [6.07, 6.45) is 3.94. The second kappa shape index (κ2) is 5.73. The highest BCUT2D eigenvalue weighted by atomic mass is 19.1. The van der Waals surface area contributed by atoms with Crippen molar-refractivity contribution in [2.24, 2.45) is 0 Å². The molecule has 0 aliphatic carbocycles. The van der Waals surface area contributed by atoms with E-state index in [2.05, 4.69) is 0 Å². The summed E-state index contributed by atoms with van der Waals surface area (Å²) in [5.41, 5.74) is 0.332. The van der Waals surface area contributed by atoms with Crippen LogP contribution in [0.2, 0.25) is 0 Å². The zero-order chi connectivity index (χ0) is 13.8. The molecule has 0 atom stereocenters. The summed E-state index contributed by atoms with van der Waals surface area (Å²) < 4.78 is 13.8. The van der Waals surface area contributed by atoms with Crippen molar-refractivity contribution >= 4 is 12.0 Å². The fourth-order valence-corrected chi connectivity index (χ4v) is 2.09. The number of amides is 1. The van der Waals surface area contributed by atoms with Crippen molar-refractivity contribution in [3.05, 3.63) is 29.6 Å². The lowest BCUT2D eigenvalue weighted by Gasteiger charge is -2.25. The SMILES string of the molecule is O=C(/C(F)=C/c1ccc(O)c(O)c1)N1CCCCC1. The van der Waals surface area contributed by atoms with Gasteiger partial charge in [-0.25, -0.2) is 4.39 Å². The smallest absolute Gasteiger partial charge is 0.282 e. The third-order valence-electron chi connectivity index (χ3n) is 3.14. The molecule has 0 unspecified atom stereocenters. The molecule has 1 amide bonds. The Kier molecular flexibility index (Phi) is 4.04. The molecule has 1 aliphatic rings. The molecule has 1 saturated heterocycles. The molecule has 0 bridgehead atoms. The monoisotopic (exact) mass is 265 g/mol. The summed E-state index contributed by atoms with van der Waals surface area (Å²) in [6, 6.07) is 3.89. The van der Waals surface area contributed by atoms with Gasteiger partial charge in [0.15, 0.2) is 17.3 Å². The van der Waals surface area contributed by atoms with Gasteiger partial charge in [-0.05, 0) is 43.0 Å². The van der Waals surface area contributed by atoms with Crippen molar-refractivity contribution in [1.82, 2.24) is 4.90 Å². The van der Waals surface area contributed by atoms with E-state index < -0.39 is 11.7 Å². The molecule has 1 aromatic rings. The quantitative estimate of drug-likeness (QED) is 0.637. The predicted octanol–water partition coefficient (Wildman–Crippen LogP) is 2.42. The Morgan fingerprint density at radius 1 is 1.16 bits per heavy atom. The first-order valence-electron chi connectivity index (χ1n) is 6.26. The van der Waals surface area contributed by atoms with Crippen LogP contribution in [0.1, 0.15) is 24.8 Å². The lowest BCUT2D eigenvalue weighted by Crippen LogP contribution is -2.35. The maximum atomic E-state index is 13.8. The number of halogens is 1. The minimum atomic E-state index is -0.855. The van der Waals surface area contributed by atoms with Gasteiger partial charge in [0, 0.05) is 13.1 Å². The van der Waals surface area contributed by atoms with E-state index in [9.17, 15) is 14.3 Å². The number of phenols is 2. The first-order chi connectivity index (χ1) is 9.08. The van der Waals surface area contributed by atoms with Crippen LogP contribution < -0.4 is 0 Å². The van der Waals surface area contributed by atoms with Gasteiger partial charge in [0.25, 0.3) is 5.91 Å². The molecule has 102 valence electrons. The molecular formula is C14H16FNO3. The van der Waals surface area contributed by atoms with Gasteiger partial charge in [0.05, 0.1) is 0 Å². The topological polar surface area (TPSA) is 60.8 Å². The van der Waals surface area contributed by atoms with Crippen LogP contribution in [0.3, 0.4) is 0 Å². The molecule has 1 aliphatic heterocycles. The lowest BCUT2D eigenvalue weighted by molar-refractivity contribution is -0.129. The van der Waals surface area contributed by atoms with Crippen molar-refractivity contribution in [3.63, 3.8) is 0 Å². The molecule has 1 heterocycles. The zero-order valence-electron chi connectivity index (χ0n) is 10.5. The largest absolute Gasteiger partial charge is 0.504 e. The van der Waals surface area contributed by atoms with Crippen molar-refractivity contribution in [3.8, 4) is 11.5 Å². The van der Waals surface area contributed by atoms with Gasteiger partial charge in [-0.3, -0.25) is 4.79 Å². The molecule has 0 saturated carbocycles. The maximum absolute atomic E-state index is 13.8. The third kappa shape index (κ3) is 3.24. The van der Waals surface area contributed by atoms with Gasteiger partial charge in [0.2, 0.25) is 0 Å². The molecule has 0 aromatic heterocycles. The number of carbonyl (C=O) groups is 1. The standard InChI is InChI=1S/C14H16FNO3/c15-11(14(19)16-6-2-1-3-7-16)8-10-4-5-12(17)13(18)9-10/h4-5,8-9,17-18H,1-3,6-7H2/b11-8-. The second-order valence-electron chi connectivity index (χ2n) is 4.59. The Hall–Kier alpha value is -2.04.